The summed E-state index contributed by atoms with van der Waals surface area (Å²) in [5.41, 5.74) is 5.10. The van der Waals surface area contributed by atoms with E-state index in [0.29, 0.717) is 4.34 Å². The number of sulfonamides is 1. The van der Waals surface area contributed by atoms with Gasteiger partial charge in [0.2, 0.25) is 10.0 Å². The van der Waals surface area contributed by atoms with E-state index in [2.05, 4.69) is 0 Å². The van der Waals surface area contributed by atoms with Crippen LogP contribution in [-0.2, 0) is 16.6 Å². The van der Waals surface area contributed by atoms with Gasteiger partial charge in [-0.15, -0.1) is 11.3 Å². The third kappa shape index (κ3) is 3.49. The molecule has 1 aromatic heterocycles. The van der Waals surface area contributed by atoms with Gasteiger partial charge in [0.05, 0.1) is 10.0 Å². The summed E-state index contributed by atoms with van der Waals surface area (Å²) in [4.78, 5) is 0.194. The lowest BCUT2D eigenvalue weighted by Crippen LogP contribution is -2.27. The molecule has 0 bridgehead atoms. The van der Waals surface area contributed by atoms with E-state index in [1.54, 1.807) is 12.1 Å². The van der Waals surface area contributed by atoms with Gasteiger partial charge < -0.3 is 5.73 Å². The number of halogens is 3. The molecule has 21 heavy (non-hydrogen) atoms. The fourth-order valence-electron chi connectivity index (χ4n) is 1.68. The quantitative estimate of drug-likeness (QED) is 0.838. The number of benzene rings is 1. The minimum absolute atomic E-state index is 0.0556. The van der Waals surface area contributed by atoms with E-state index in [-0.39, 0.29) is 17.3 Å². The van der Waals surface area contributed by atoms with Gasteiger partial charge in [-0.05, 0) is 24.3 Å². The number of rotatable bonds is 4. The first-order chi connectivity index (χ1) is 9.71. The summed E-state index contributed by atoms with van der Waals surface area (Å²) in [5.74, 6) is -1.00. The molecule has 0 spiro atoms. The number of anilines is 1. The molecule has 0 radical (unpaired) electrons. The Kier molecular flexibility index (Phi) is 4.79. The van der Waals surface area contributed by atoms with Gasteiger partial charge in [-0.2, -0.15) is 4.31 Å². The SMILES string of the molecule is CN(Cc1ccc(Cl)s1)S(=O)(=O)c1cc(Cl)cc(N)c1F. The summed E-state index contributed by atoms with van der Waals surface area (Å²) in [6, 6.07) is 5.58. The van der Waals surface area contributed by atoms with Crippen LogP contribution in [0.25, 0.3) is 0 Å². The highest BCUT2D eigenvalue weighted by Gasteiger charge is 2.26. The van der Waals surface area contributed by atoms with Gasteiger partial charge in [0.15, 0.2) is 5.82 Å². The van der Waals surface area contributed by atoms with Crippen LogP contribution in [0, 0.1) is 5.82 Å². The molecule has 2 N–H and O–H groups in total. The van der Waals surface area contributed by atoms with E-state index >= 15 is 0 Å². The highest BCUT2D eigenvalue weighted by atomic mass is 35.5. The Morgan fingerprint density at radius 2 is 2.00 bits per heavy atom. The lowest BCUT2D eigenvalue weighted by molar-refractivity contribution is 0.463. The van der Waals surface area contributed by atoms with Crippen LogP contribution < -0.4 is 5.73 Å². The van der Waals surface area contributed by atoms with Crippen LogP contribution >= 0.6 is 34.5 Å². The number of nitrogens with zero attached hydrogens (tertiary/aromatic N) is 1. The third-order valence-electron chi connectivity index (χ3n) is 2.73. The summed E-state index contributed by atoms with van der Waals surface area (Å²) in [6.07, 6.45) is 0. The van der Waals surface area contributed by atoms with E-state index in [4.69, 9.17) is 28.9 Å². The Bertz CT molecular complexity index is 778. The Morgan fingerprint density at radius 1 is 1.33 bits per heavy atom. The van der Waals surface area contributed by atoms with Gasteiger partial charge in [0.1, 0.15) is 4.90 Å². The van der Waals surface area contributed by atoms with Crippen molar-refractivity contribution in [3.63, 3.8) is 0 Å². The van der Waals surface area contributed by atoms with Crippen LogP contribution in [0.4, 0.5) is 10.1 Å². The maximum absolute atomic E-state index is 14.0. The molecule has 1 heterocycles. The monoisotopic (exact) mass is 368 g/mol. The molecule has 0 fully saturated rings. The molecule has 1 aromatic carbocycles. The van der Waals surface area contributed by atoms with Gasteiger partial charge in [-0.1, -0.05) is 23.2 Å². The van der Waals surface area contributed by atoms with Crippen LogP contribution in [0.1, 0.15) is 4.88 Å². The molecule has 4 nitrogen and oxygen atoms in total. The summed E-state index contributed by atoms with van der Waals surface area (Å²) in [7, 11) is -2.70. The van der Waals surface area contributed by atoms with Crippen molar-refractivity contribution in [2.45, 2.75) is 11.4 Å². The fraction of sp³-hybridized carbons (Fsp3) is 0.167. The molecule has 0 unspecified atom stereocenters. The summed E-state index contributed by atoms with van der Waals surface area (Å²) < 4.78 is 40.4. The first-order valence-corrected chi connectivity index (χ1v) is 8.68. The Balaban J connectivity index is 2.37. The molecule has 2 rings (SSSR count). The first kappa shape index (κ1) is 16.5. The van der Waals surface area contributed by atoms with Crippen molar-refractivity contribution < 1.29 is 12.8 Å². The maximum atomic E-state index is 14.0. The van der Waals surface area contributed by atoms with Gasteiger partial charge in [-0.25, -0.2) is 12.8 Å². The van der Waals surface area contributed by atoms with Crippen LogP contribution in [-0.4, -0.2) is 19.8 Å². The largest absolute Gasteiger partial charge is 0.396 e. The van der Waals surface area contributed by atoms with Crippen molar-refractivity contribution in [2.24, 2.45) is 0 Å². The number of nitrogens with two attached hydrogens (primary N) is 1. The first-order valence-electron chi connectivity index (χ1n) is 5.67. The molecule has 114 valence electrons. The van der Waals surface area contributed by atoms with Gasteiger partial charge in [0.25, 0.3) is 0 Å². The average molecular weight is 369 g/mol. The summed E-state index contributed by atoms with van der Waals surface area (Å²) in [5, 5.41) is 0.0556. The fourth-order valence-corrected chi connectivity index (χ4v) is 4.46. The van der Waals surface area contributed by atoms with E-state index < -0.39 is 20.7 Å². The van der Waals surface area contributed by atoms with Crippen LogP contribution in [0.5, 0.6) is 0 Å². The molecular weight excluding hydrogens is 358 g/mol. The van der Waals surface area contributed by atoms with Crippen molar-refractivity contribution in [3.05, 3.63) is 44.3 Å². The second-order valence-electron chi connectivity index (χ2n) is 4.27. The zero-order chi connectivity index (χ0) is 15.8. The van der Waals surface area contributed by atoms with Crippen molar-refractivity contribution in [1.82, 2.24) is 4.31 Å². The van der Waals surface area contributed by atoms with E-state index in [9.17, 15) is 12.8 Å². The lowest BCUT2D eigenvalue weighted by atomic mass is 10.3. The number of nitrogen functional groups attached to an aromatic ring is 1. The zero-order valence-corrected chi connectivity index (χ0v) is 14.0. The van der Waals surface area contributed by atoms with Gasteiger partial charge in [0, 0.05) is 23.5 Å². The molecular formula is C12H11Cl2FN2O2S2. The lowest BCUT2D eigenvalue weighted by Gasteiger charge is -2.17. The number of thiophene rings is 1. The van der Waals surface area contributed by atoms with E-state index in [0.717, 1.165) is 21.3 Å². The Morgan fingerprint density at radius 3 is 2.57 bits per heavy atom. The second-order valence-corrected chi connectivity index (χ2v) is 8.52. The zero-order valence-electron chi connectivity index (χ0n) is 10.8. The van der Waals surface area contributed by atoms with Gasteiger partial charge in [-0.3, -0.25) is 0 Å². The predicted molar refractivity (Wildman–Crippen MR) is 83.8 cm³/mol. The normalized spacial score (nSPS) is 12.0. The Labute approximate surface area is 135 Å². The van der Waals surface area contributed by atoms with Crippen molar-refractivity contribution in [3.8, 4) is 0 Å². The Hall–Kier alpha value is -0.860. The minimum atomic E-state index is -4.05. The minimum Gasteiger partial charge on any atom is -0.396 e. The summed E-state index contributed by atoms with van der Waals surface area (Å²) >= 11 is 12.8. The maximum Gasteiger partial charge on any atom is 0.246 e. The third-order valence-corrected chi connectivity index (χ3v) is 5.96. The topological polar surface area (TPSA) is 63.4 Å². The molecule has 0 amide bonds. The smallest absolute Gasteiger partial charge is 0.246 e. The number of hydrogen-bond donors (Lipinski definition) is 1. The summed E-state index contributed by atoms with van der Waals surface area (Å²) in [6.45, 7) is 0.0750. The molecule has 0 saturated carbocycles. The highest BCUT2D eigenvalue weighted by molar-refractivity contribution is 7.89. The molecule has 0 aliphatic carbocycles. The van der Waals surface area contributed by atoms with Crippen molar-refractivity contribution in [2.75, 3.05) is 12.8 Å². The van der Waals surface area contributed by atoms with Gasteiger partial charge >= 0.3 is 0 Å². The molecule has 0 atom stereocenters. The number of hydrogen-bond acceptors (Lipinski definition) is 4. The van der Waals surface area contributed by atoms with Crippen LogP contribution in [0.15, 0.2) is 29.2 Å². The standard InChI is InChI=1S/C12H11Cl2FN2O2S2/c1-17(6-8-2-3-11(14)20-8)21(18,19)10-5-7(13)4-9(16)12(10)15/h2-5H,6,16H2,1H3. The second kappa shape index (κ2) is 6.10. The average Bonchev–Trinajstić information content (AvgIpc) is 2.79. The molecule has 9 heteroatoms. The van der Waals surface area contributed by atoms with Crippen molar-refractivity contribution >= 4 is 50.2 Å². The molecule has 0 aliphatic heterocycles. The van der Waals surface area contributed by atoms with Crippen LogP contribution in [0.3, 0.4) is 0 Å². The van der Waals surface area contributed by atoms with E-state index in [1.807, 2.05) is 0 Å². The van der Waals surface area contributed by atoms with Crippen LogP contribution in [0.2, 0.25) is 9.36 Å². The highest BCUT2D eigenvalue weighted by Crippen LogP contribution is 2.29. The van der Waals surface area contributed by atoms with E-state index in [1.165, 1.54) is 18.4 Å². The molecule has 2 aromatic rings. The predicted octanol–water partition coefficient (Wildman–Crippen LogP) is 3.60. The molecule has 0 saturated heterocycles. The van der Waals surface area contributed by atoms with Crippen molar-refractivity contribution in [1.29, 1.82) is 0 Å². The molecule has 0 aliphatic rings.